The van der Waals surface area contributed by atoms with Crippen molar-refractivity contribution < 1.29 is 19.4 Å². The molecule has 3 aromatic rings. The molecule has 4 rings (SSSR count). The molecule has 3 aromatic carbocycles. The fraction of sp³-hybridized carbons (Fsp3) is 0.487. The van der Waals surface area contributed by atoms with Crippen molar-refractivity contribution in [3.63, 3.8) is 0 Å². The summed E-state index contributed by atoms with van der Waals surface area (Å²) in [6.45, 7) is 12.4. The van der Waals surface area contributed by atoms with E-state index in [0.29, 0.717) is 42.7 Å². The van der Waals surface area contributed by atoms with E-state index in [1.165, 1.54) is 11.1 Å². The number of anilines is 1. The molecule has 10 heteroatoms. The monoisotopic (exact) mass is 670 g/mol. The molecule has 0 spiro atoms. The Morgan fingerprint density at radius 3 is 2.31 bits per heavy atom. The lowest BCUT2D eigenvalue weighted by Gasteiger charge is -2.35. The van der Waals surface area contributed by atoms with Crippen LogP contribution in [0.1, 0.15) is 70.6 Å². The minimum Gasteiger partial charge on any atom is -0.508 e. The molecule has 49 heavy (non-hydrogen) atoms. The van der Waals surface area contributed by atoms with Gasteiger partial charge in [-0.05, 0) is 118 Å². The minimum atomic E-state index is -0.691. The fourth-order valence-corrected chi connectivity index (χ4v) is 5.93. The van der Waals surface area contributed by atoms with E-state index in [1.807, 2.05) is 45.9 Å². The number of hydrogen-bond donors (Lipinski definition) is 4. The maximum absolute atomic E-state index is 12.7. The summed E-state index contributed by atoms with van der Waals surface area (Å²) in [6, 6.07) is 21.7. The maximum Gasteiger partial charge on any atom is 0.243 e. The van der Waals surface area contributed by atoms with Crippen molar-refractivity contribution in [1.29, 1.82) is 0 Å². The van der Waals surface area contributed by atoms with Crippen LogP contribution in [0, 0.1) is 5.41 Å². The summed E-state index contributed by atoms with van der Waals surface area (Å²) in [7, 11) is 0. The van der Waals surface area contributed by atoms with Crippen molar-refractivity contribution >= 4 is 28.9 Å². The number of carbonyl (C=O) groups is 2. The summed E-state index contributed by atoms with van der Waals surface area (Å²) in [6.07, 6.45) is 5.55. The van der Waals surface area contributed by atoms with Gasteiger partial charge in [0.1, 0.15) is 5.75 Å². The molecule has 5 N–H and O–H groups in total. The van der Waals surface area contributed by atoms with Crippen LogP contribution in [0.2, 0.25) is 0 Å². The van der Waals surface area contributed by atoms with E-state index in [0.717, 1.165) is 56.4 Å². The number of ether oxygens (including phenoxy) is 1. The Hall–Kier alpha value is -4.12. The van der Waals surface area contributed by atoms with Crippen molar-refractivity contribution in [2.75, 3.05) is 38.1 Å². The Kier molecular flexibility index (Phi) is 13.5. The number of nitrogens with one attached hydrogen (secondary N) is 2. The molecule has 0 radical (unpaired) electrons. The lowest BCUT2D eigenvalue weighted by molar-refractivity contribution is -0.132. The van der Waals surface area contributed by atoms with Gasteiger partial charge < -0.3 is 26.2 Å². The van der Waals surface area contributed by atoms with Gasteiger partial charge in [-0.3, -0.25) is 14.5 Å². The zero-order valence-corrected chi connectivity index (χ0v) is 29.8. The highest BCUT2D eigenvalue weighted by Gasteiger charge is 2.29. The predicted molar refractivity (Wildman–Crippen MR) is 196 cm³/mol. The normalized spacial score (nSPS) is 15.0. The Balaban J connectivity index is 1.21. The minimum absolute atomic E-state index is 0.133. The van der Waals surface area contributed by atoms with Gasteiger partial charge in [-0.2, -0.15) is 10.2 Å². The number of phenols is 1. The molecule has 0 heterocycles. The van der Waals surface area contributed by atoms with E-state index in [-0.39, 0.29) is 18.4 Å². The average molecular weight is 671 g/mol. The molecule has 1 atom stereocenters. The number of aromatic hydroxyl groups is 1. The highest BCUT2D eigenvalue weighted by molar-refractivity contribution is 5.95. The van der Waals surface area contributed by atoms with Gasteiger partial charge in [0.15, 0.2) is 0 Å². The van der Waals surface area contributed by atoms with Gasteiger partial charge in [0.05, 0.1) is 23.5 Å². The summed E-state index contributed by atoms with van der Waals surface area (Å²) in [5, 5.41) is 24.5. The van der Waals surface area contributed by atoms with E-state index < -0.39 is 11.0 Å². The third-order valence-corrected chi connectivity index (χ3v) is 9.25. The molecule has 0 saturated heterocycles. The Bertz CT molecular complexity index is 1550. The number of phenolic OH excluding ortho intramolecular Hbond substituents is 1. The highest BCUT2D eigenvalue weighted by Crippen LogP contribution is 2.31. The standard InChI is InChI=1S/C39H54N6O4/c1-6-22-45(33-18-19-34-29(25-33)8-7-9-35(34)46)23-20-28-10-12-31(13-11-28)43-44-32-16-14-30(15-17-32)42-36(47)26-41-37(48)38(2,3)21-24-49-39(4,5)27-40/h7-17,33,46H,6,18-27,40H2,1-5H3,(H,41,48)(H,42,47)/b44-43+. The number of rotatable bonds is 17. The lowest BCUT2D eigenvalue weighted by atomic mass is 9.86. The summed E-state index contributed by atoms with van der Waals surface area (Å²) in [5.41, 5.74) is 10.3. The van der Waals surface area contributed by atoms with Crippen LogP contribution in [-0.2, 0) is 33.6 Å². The van der Waals surface area contributed by atoms with E-state index >= 15 is 0 Å². The maximum atomic E-state index is 12.7. The predicted octanol–water partition coefficient (Wildman–Crippen LogP) is 6.84. The van der Waals surface area contributed by atoms with Crippen LogP contribution in [0.25, 0.3) is 0 Å². The molecule has 0 bridgehead atoms. The van der Waals surface area contributed by atoms with Crippen LogP contribution in [0.15, 0.2) is 77.0 Å². The molecule has 0 aliphatic heterocycles. The van der Waals surface area contributed by atoms with Crippen LogP contribution in [0.4, 0.5) is 17.1 Å². The van der Waals surface area contributed by atoms with E-state index in [4.69, 9.17) is 10.5 Å². The SMILES string of the molecule is CCCN(CCc1ccc(/N=N/c2ccc(NC(=O)CNC(=O)C(C)(C)CCOC(C)(C)CN)cc2)cc1)C1CCc2c(O)cccc2C1. The number of hydrogen-bond acceptors (Lipinski definition) is 8. The molecule has 10 nitrogen and oxygen atoms in total. The first-order valence-electron chi connectivity index (χ1n) is 17.5. The summed E-state index contributed by atoms with van der Waals surface area (Å²) >= 11 is 0. The largest absolute Gasteiger partial charge is 0.508 e. The molecular formula is C39H54N6O4. The zero-order valence-electron chi connectivity index (χ0n) is 29.8. The molecule has 264 valence electrons. The molecule has 0 aromatic heterocycles. The van der Waals surface area contributed by atoms with Gasteiger partial charge in [-0.15, -0.1) is 0 Å². The van der Waals surface area contributed by atoms with Gasteiger partial charge in [0.2, 0.25) is 11.8 Å². The first-order valence-corrected chi connectivity index (χ1v) is 17.5. The number of carbonyl (C=O) groups excluding carboxylic acids is 2. The topological polar surface area (TPSA) is 142 Å². The van der Waals surface area contributed by atoms with Gasteiger partial charge in [-0.1, -0.05) is 45.0 Å². The van der Waals surface area contributed by atoms with Crippen molar-refractivity contribution in [2.45, 2.75) is 84.8 Å². The molecule has 1 unspecified atom stereocenters. The van der Waals surface area contributed by atoms with Crippen LogP contribution >= 0.6 is 0 Å². The first-order chi connectivity index (χ1) is 23.4. The number of azo groups is 1. The Morgan fingerprint density at radius 2 is 1.65 bits per heavy atom. The number of nitrogens with zero attached hydrogens (tertiary/aromatic N) is 3. The Morgan fingerprint density at radius 1 is 0.980 bits per heavy atom. The quantitative estimate of drug-likeness (QED) is 0.116. The van der Waals surface area contributed by atoms with Crippen LogP contribution in [-0.4, -0.2) is 66.2 Å². The van der Waals surface area contributed by atoms with Gasteiger partial charge >= 0.3 is 0 Å². The second-order valence-electron chi connectivity index (χ2n) is 14.2. The van der Waals surface area contributed by atoms with Crippen molar-refractivity contribution in [1.82, 2.24) is 10.2 Å². The molecule has 1 aliphatic carbocycles. The van der Waals surface area contributed by atoms with Crippen molar-refractivity contribution in [3.05, 3.63) is 83.4 Å². The summed E-state index contributed by atoms with van der Waals surface area (Å²) in [5.74, 6) is -0.102. The molecule has 0 saturated carbocycles. The third-order valence-electron chi connectivity index (χ3n) is 9.25. The van der Waals surface area contributed by atoms with E-state index in [9.17, 15) is 14.7 Å². The number of fused-ring (bicyclic) bond motifs is 1. The third kappa shape index (κ3) is 11.5. The van der Waals surface area contributed by atoms with Crippen LogP contribution in [0.3, 0.4) is 0 Å². The summed E-state index contributed by atoms with van der Waals surface area (Å²) < 4.78 is 5.77. The van der Waals surface area contributed by atoms with Gasteiger partial charge in [0, 0.05) is 36.8 Å². The second-order valence-corrected chi connectivity index (χ2v) is 14.2. The molecule has 1 aliphatic rings. The lowest BCUT2D eigenvalue weighted by Crippen LogP contribution is -2.42. The Labute approximate surface area is 291 Å². The molecular weight excluding hydrogens is 616 g/mol. The van der Waals surface area contributed by atoms with Crippen molar-refractivity contribution in [3.8, 4) is 5.75 Å². The van der Waals surface area contributed by atoms with Crippen LogP contribution < -0.4 is 16.4 Å². The first kappa shape index (κ1) is 37.7. The second kappa shape index (κ2) is 17.5. The van der Waals surface area contributed by atoms with Gasteiger partial charge in [-0.25, -0.2) is 0 Å². The van der Waals surface area contributed by atoms with E-state index in [2.05, 4.69) is 50.9 Å². The van der Waals surface area contributed by atoms with Crippen LogP contribution in [0.5, 0.6) is 5.75 Å². The average Bonchev–Trinajstić information content (AvgIpc) is 3.09. The number of nitrogens with two attached hydrogens (primary N) is 1. The smallest absolute Gasteiger partial charge is 0.243 e. The van der Waals surface area contributed by atoms with Gasteiger partial charge in [0.25, 0.3) is 0 Å². The highest BCUT2D eigenvalue weighted by atomic mass is 16.5. The summed E-state index contributed by atoms with van der Waals surface area (Å²) in [4.78, 5) is 27.8. The number of amides is 2. The van der Waals surface area contributed by atoms with Crippen molar-refractivity contribution in [2.24, 2.45) is 21.4 Å². The molecule has 0 fully saturated rings. The fourth-order valence-electron chi connectivity index (χ4n) is 5.93. The zero-order chi connectivity index (χ0) is 35.4. The molecule has 2 amide bonds. The number of benzene rings is 3. The van der Waals surface area contributed by atoms with E-state index in [1.54, 1.807) is 30.3 Å².